The molecule has 0 saturated carbocycles. The van der Waals surface area contributed by atoms with Gasteiger partial charge in [0.15, 0.2) is 11.5 Å². The molecule has 3 aromatic carbocycles. The van der Waals surface area contributed by atoms with Crippen LogP contribution in [0.3, 0.4) is 0 Å². The van der Waals surface area contributed by atoms with E-state index in [-0.39, 0.29) is 11.5 Å². The smallest absolute Gasteiger partial charge is 0.165 e. The lowest BCUT2D eigenvalue weighted by atomic mass is 10.1. The van der Waals surface area contributed by atoms with Gasteiger partial charge < -0.3 is 10.2 Å². The van der Waals surface area contributed by atoms with E-state index in [2.05, 4.69) is 18.7 Å². The Morgan fingerprint density at radius 1 is 0.810 bits per heavy atom. The lowest BCUT2D eigenvalue weighted by molar-refractivity contribution is 0.408. The van der Waals surface area contributed by atoms with Crippen LogP contribution in [-0.4, -0.2) is 10.2 Å². The van der Waals surface area contributed by atoms with Crippen molar-refractivity contribution in [3.05, 3.63) is 84.9 Å². The van der Waals surface area contributed by atoms with Crippen molar-refractivity contribution >= 4 is 10.8 Å². The first-order valence-corrected chi connectivity index (χ1v) is 6.77. The van der Waals surface area contributed by atoms with Crippen LogP contribution in [-0.2, 0) is 6.42 Å². The molecule has 21 heavy (non-hydrogen) atoms. The summed E-state index contributed by atoms with van der Waals surface area (Å²) in [5, 5.41) is 20.2. The Kier molecular flexibility index (Phi) is 4.99. The molecule has 2 N–H and O–H groups in total. The van der Waals surface area contributed by atoms with Crippen molar-refractivity contribution in [3.8, 4) is 11.5 Å². The van der Waals surface area contributed by atoms with Gasteiger partial charge in [0.05, 0.1) is 0 Å². The predicted octanol–water partition coefficient (Wildman–Crippen LogP) is 4.67. The largest absolute Gasteiger partial charge is 0.504 e. The van der Waals surface area contributed by atoms with Crippen molar-refractivity contribution in [3.63, 3.8) is 0 Å². The van der Waals surface area contributed by atoms with E-state index in [9.17, 15) is 5.11 Å². The Morgan fingerprint density at radius 2 is 1.48 bits per heavy atom. The first kappa shape index (κ1) is 14.7. The number of hydrogen-bond donors (Lipinski definition) is 2. The number of hydrogen-bond acceptors (Lipinski definition) is 2. The lowest BCUT2D eigenvalue weighted by Crippen LogP contribution is -1.75. The standard InChI is InChI=1S/C10H8O2.C9H10/c11-9-6-5-7-3-1-2-4-8(7)10(9)12;1-2-6-9-7-4-3-5-8-9/h1-6,11-12H;2-5,7-8H,1,6H2. The molecule has 0 heterocycles. The van der Waals surface area contributed by atoms with Gasteiger partial charge in [0.1, 0.15) is 0 Å². The van der Waals surface area contributed by atoms with Crippen LogP contribution in [0.2, 0.25) is 0 Å². The molecular weight excluding hydrogens is 260 g/mol. The highest BCUT2D eigenvalue weighted by Crippen LogP contribution is 2.32. The van der Waals surface area contributed by atoms with Gasteiger partial charge in [0.2, 0.25) is 0 Å². The molecule has 0 radical (unpaired) electrons. The van der Waals surface area contributed by atoms with Gasteiger partial charge in [-0.15, -0.1) is 6.58 Å². The summed E-state index contributed by atoms with van der Waals surface area (Å²) in [5.74, 6) is -0.123. The average molecular weight is 278 g/mol. The molecule has 0 amide bonds. The molecule has 3 aromatic rings. The molecule has 0 aromatic heterocycles. The van der Waals surface area contributed by atoms with Gasteiger partial charge >= 0.3 is 0 Å². The summed E-state index contributed by atoms with van der Waals surface area (Å²) in [6.45, 7) is 3.66. The molecule has 0 saturated heterocycles. The number of aromatic hydroxyl groups is 2. The Balaban J connectivity index is 0.000000161. The number of fused-ring (bicyclic) bond motifs is 1. The number of phenolic OH excluding ortho intramolecular Hbond substituents is 2. The lowest BCUT2D eigenvalue weighted by Gasteiger charge is -2.01. The Labute approximate surface area is 124 Å². The second-order valence-electron chi connectivity index (χ2n) is 4.63. The zero-order valence-corrected chi connectivity index (χ0v) is 11.7. The van der Waals surface area contributed by atoms with Crippen LogP contribution in [0, 0.1) is 0 Å². The van der Waals surface area contributed by atoms with Gasteiger partial charge in [-0.25, -0.2) is 0 Å². The van der Waals surface area contributed by atoms with Crippen LogP contribution < -0.4 is 0 Å². The maximum absolute atomic E-state index is 9.41. The summed E-state index contributed by atoms with van der Waals surface area (Å²) in [7, 11) is 0. The minimum absolute atomic E-state index is 0.0481. The van der Waals surface area contributed by atoms with Gasteiger partial charge in [-0.2, -0.15) is 0 Å². The molecule has 0 fully saturated rings. The molecule has 2 heteroatoms. The SMILES string of the molecule is C=CCc1ccccc1.Oc1ccc2ccccc2c1O. The van der Waals surface area contributed by atoms with Crippen molar-refractivity contribution in [2.24, 2.45) is 0 Å². The van der Waals surface area contributed by atoms with Crippen LogP contribution in [0.4, 0.5) is 0 Å². The third-order valence-corrected chi connectivity index (χ3v) is 3.10. The molecule has 0 aliphatic rings. The fraction of sp³-hybridized carbons (Fsp3) is 0.0526. The molecule has 0 aliphatic carbocycles. The van der Waals surface area contributed by atoms with Gasteiger partial charge in [0, 0.05) is 5.39 Å². The van der Waals surface area contributed by atoms with Crippen molar-refractivity contribution in [1.82, 2.24) is 0 Å². The Morgan fingerprint density at radius 3 is 2.19 bits per heavy atom. The highest BCUT2D eigenvalue weighted by Gasteiger charge is 2.02. The highest BCUT2D eigenvalue weighted by molar-refractivity contribution is 5.90. The minimum Gasteiger partial charge on any atom is -0.504 e. The predicted molar refractivity (Wildman–Crippen MR) is 87.6 cm³/mol. The number of benzene rings is 3. The van der Waals surface area contributed by atoms with Gasteiger partial charge in [-0.05, 0) is 23.4 Å². The fourth-order valence-corrected chi connectivity index (χ4v) is 2.02. The van der Waals surface area contributed by atoms with Gasteiger partial charge in [-0.3, -0.25) is 0 Å². The van der Waals surface area contributed by atoms with Crippen LogP contribution in [0.1, 0.15) is 5.56 Å². The summed E-state index contributed by atoms with van der Waals surface area (Å²) in [6, 6.07) is 20.9. The van der Waals surface area contributed by atoms with Crippen molar-refractivity contribution in [1.29, 1.82) is 0 Å². The molecule has 0 unspecified atom stereocenters. The molecule has 0 atom stereocenters. The third-order valence-electron chi connectivity index (χ3n) is 3.10. The van der Waals surface area contributed by atoms with Crippen molar-refractivity contribution in [2.75, 3.05) is 0 Å². The molecule has 0 aliphatic heterocycles. The number of rotatable bonds is 2. The van der Waals surface area contributed by atoms with Crippen LogP contribution >= 0.6 is 0 Å². The molecule has 0 spiro atoms. The van der Waals surface area contributed by atoms with Crippen molar-refractivity contribution < 1.29 is 10.2 Å². The summed E-state index contributed by atoms with van der Waals surface area (Å²) in [5.41, 5.74) is 1.33. The van der Waals surface area contributed by atoms with Crippen LogP contribution in [0.25, 0.3) is 10.8 Å². The molecular formula is C19H18O2. The van der Waals surface area contributed by atoms with E-state index in [1.807, 2.05) is 42.5 Å². The van der Waals surface area contributed by atoms with E-state index in [1.165, 1.54) is 11.6 Å². The zero-order chi connectivity index (χ0) is 15.1. The summed E-state index contributed by atoms with van der Waals surface area (Å²) in [4.78, 5) is 0. The van der Waals surface area contributed by atoms with Crippen molar-refractivity contribution in [2.45, 2.75) is 6.42 Å². The summed E-state index contributed by atoms with van der Waals surface area (Å²) >= 11 is 0. The maximum atomic E-state index is 9.41. The Hall–Kier alpha value is -2.74. The normalized spacial score (nSPS) is 9.71. The van der Waals surface area contributed by atoms with E-state index in [0.717, 1.165) is 11.8 Å². The average Bonchev–Trinajstić information content (AvgIpc) is 2.53. The minimum atomic E-state index is -0.0753. The quantitative estimate of drug-likeness (QED) is 0.528. The van der Waals surface area contributed by atoms with E-state index in [1.54, 1.807) is 12.1 Å². The number of allylic oxidation sites excluding steroid dienone is 1. The maximum Gasteiger partial charge on any atom is 0.165 e. The zero-order valence-electron chi connectivity index (χ0n) is 11.7. The second-order valence-corrected chi connectivity index (χ2v) is 4.63. The van der Waals surface area contributed by atoms with Gasteiger partial charge in [0.25, 0.3) is 0 Å². The second kappa shape index (κ2) is 7.15. The molecule has 106 valence electrons. The van der Waals surface area contributed by atoms with E-state index < -0.39 is 0 Å². The molecule has 2 nitrogen and oxygen atoms in total. The topological polar surface area (TPSA) is 40.5 Å². The van der Waals surface area contributed by atoms with E-state index in [4.69, 9.17) is 5.11 Å². The highest BCUT2D eigenvalue weighted by atomic mass is 16.3. The monoisotopic (exact) mass is 278 g/mol. The summed E-state index contributed by atoms with van der Waals surface area (Å²) in [6.07, 6.45) is 2.89. The Bertz CT molecular complexity index is 718. The fourth-order valence-electron chi connectivity index (χ4n) is 2.02. The summed E-state index contributed by atoms with van der Waals surface area (Å²) < 4.78 is 0. The van der Waals surface area contributed by atoms with Crippen LogP contribution in [0.15, 0.2) is 79.4 Å². The van der Waals surface area contributed by atoms with Gasteiger partial charge in [-0.1, -0.05) is 66.7 Å². The van der Waals surface area contributed by atoms with E-state index in [0.29, 0.717) is 5.39 Å². The molecule has 0 bridgehead atoms. The van der Waals surface area contributed by atoms with Crippen LogP contribution in [0.5, 0.6) is 11.5 Å². The molecule has 3 rings (SSSR count). The first-order chi connectivity index (χ1) is 10.2. The van der Waals surface area contributed by atoms with E-state index >= 15 is 0 Å². The third kappa shape index (κ3) is 3.86. The first-order valence-electron chi connectivity index (χ1n) is 6.77. The number of phenols is 2.